The number of carbonyl (C=O) groups excluding carboxylic acids is 1. The van der Waals surface area contributed by atoms with Gasteiger partial charge in [-0.15, -0.1) is 0 Å². The van der Waals surface area contributed by atoms with Crippen LogP contribution in [0.4, 0.5) is 0 Å². The molecule has 0 aliphatic carbocycles. The largest absolute Gasteiger partial charge is 0.352 e. The molecule has 2 aromatic rings. The molecular formula is C11H11NO. The van der Waals surface area contributed by atoms with Crippen LogP contribution in [0.15, 0.2) is 24.3 Å². The fourth-order valence-corrected chi connectivity index (χ4v) is 1.50. The number of nitrogens with one attached hydrogen (secondary N) is 1. The third-order valence-corrected chi connectivity index (χ3v) is 2.24. The van der Waals surface area contributed by atoms with E-state index in [-0.39, 0.29) is 5.78 Å². The van der Waals surface area contributed by atoms with E-state index in [9.17, 15) is 4.79 Å². The Hall–Kier alpha value is -1.57. The quantitative estimate of drug-likeness (QED) is 0.661. The summed E-state index contributed by atoms with van der Waals surface area (Å²) in [5, 5.41) is 1.10. The molecule has 0 unspecified atom stereocenters. The van der Waals surface area contributed by atoms with E-state index in [2.05, 4.69) is 4.98 Å². The van der Waals surface area contributed by atoms with Crippen LogP contribution in [-0.4, -0.2) is 10.8 Å². The van der Waals surface area contributed by atoms with Crippen LogP contribution in [0.2, 0.25) is 0 Å². The molecule has 2 rings (SSSR count). The van der Waals surface area contributed by atoms with E-state index >= 15 is 0 Å². The molecule has 13 heavy (non-hydrogen) atoms. The summed E-state index contributed by atoms with van der Waals surface area (Å²) in [4.78, 5) is 14.2. The van der Waals surface area contributed by atoms with E-state index in [1.807, 2.05) is 31.2 Å². The standard InChI is InChI=1S/C11H11NO/c1-7-4-3-5-9-6-10(8(2)13)12-11(7)9/h3-6,12H,1-2H3. The number of aryl methyl sites for hydroxylation is 1. The van der Waals surface area contributed by atoms with Gasteiger partial charge >= 0.3 is 0 Å². The monoisotopic (exact) mass is 173 g/mol. The molecule has 0 radical (unpaired) electrons. The average molecular weight is 173 g/mol. The summed E-state index contributed by atoms with van der Waals surface area (Å²) in [6, 6.07) is 7.92. The molecule has 0 saturated heterocycles. The minimum Gasteiger partial charge on any atom is -0.352 e. The van der Waals surface area contributed by atoms with Crippen molar-refractivity contribution in [1.82, 2.24) is 4.98 Å². The number of Topliss-reactive ketones (excluding diaryl/α,β-unsaturated/α-hetero) is 1. The van der Waals surface area contributed by atoms with E-state index in [4.69, 9.17) is 0 Å². The number of fused-ring (bicyclic) bond motifs is 1. The number of H-pyrrole nitrogens is 1. The minimum absolute atomic E-state index is 0.0793. The molecular weight excluding hydrogens is 162 g/mol. The van der Waals surface area contributed by atoms with Crippen molar-refractivity contribution in [2.24, 2.45) is 0 Å². The van der Waals surface area contributed by atoms with Gasteiger partial charge in [-0.2, -0.15) is 0 Å². The highest BCUT2D eigenvalue weighted by Gasteiger charge is 2.05. The van der Waals surface area contributed by atoms with Crippen LogP contribution in [0.1, 0.15) is 23.0 Å². The third-order valence-electron chi connectivity index (χ3n) is 2.24. The number of benzene rings is 1. The smallest absolute Gasteiger partial charge is 0.175 e. The Morgan fingerprint density at radius 1 is 1.38 bits per heavy atom. The first-order valence-corrected chi connectivity index (χ1v) is 4.28. The van der Waals surface area contributed by atoms with Crippen LogP contribution >= 0.6 is 0 Å². The van der Waals surface area contributed by atoms with Crippen molar-refractivity contribution < 1.29 is 4.79 Å². The van der Waals surface area contributed by atoms with E-state index in [0.29, 0.717) is 5.69 Å². The lowest BCUT2D eigenvalue weighted by atomic mass is 10.2. The highest BCUT2D eigenvalue weighted by atomic mass is 16.1. The number of ketones is 1. The maximum atomic E-state index is 11.1. The first-order valence-electron chi connectivity index (χ1n) is 4.28. The van der Waals surface area contributed by atoms with Gasteiger partial charge in [0.1, 0.15) is 0 Å². The molecule has 1 N–H and O–H groups in total. The van der Waals surface area contributed by atoms with Gasteiger partial charge in [-0.1, -0.05) is 18.2 Å². The van der Waals surface area contributed by atoms with E-state index in [1.165, 1.54) is 5.56 Å². The zero-order chi connectivity index (χ0) is 9.42. The van der Waals surface area contributed by atoms with Crippen molar-refractivity contribution in [3.63, 3.8) is 0 Å². The molecule has 1 aromatic carbocycles. The maximum Gasteiger partial charge on any atom is 0.175 e. The number of hydrogen-bond donors (Lipinski definition) is 1. The Labute approximate surface area is 76.6 Å². The molecule has 66 valence electrons. The van der Waals surface area contributed by atoms with Crippen LogP contribution < -0.4 is 0 Å². The van der Waals surface area contributed by atoms with Crippen LogP contribution in [0.3, 0.4) is 0 Å². The average Bonchev–Trinajstić information content (AvgIpc) is 2.49. The summed E-state index contributed by atoms with van der Waals surface area (Å²) < 4.78 is 0. The summed E-state index contributed by atoms with van der Waals surface area (Å²) in [5.74, 6) is 0.0793. The number of rotatable bonds is 1. The number of hydrogen-bond acceptors (Lipinski definition) is 1. The zero-order valence-corrected chi connectivity index (χ0v) is 7.72. The van der Waals surface area contributed by atoms with Crippen LogP contribution in [0, 0.1) is 6.92 Å². The molecule has 0 atom stereocenters. The van der Waals surface area contributed by atoms with Crippen molar-refractivity contribution in [3.05, 3.63) is 35.5 Å². The fourth-order valence-electron chi connectivity index (χ4n) is 1.50. The first-order chi connectivity index (χ1) is 6.18. The Morgan fingerprint density at radius 3 is 2.77 bits per heavy atom. The van der Waals surface area contributed by atoms with Gasteiger partial charge in [-0.05, 0) is 18.6 Å². The molecule has 0 aliphatic heterocycles. The second-order valence-corrected chi connectivity index (χ2v) is 3.28. The minimum atomic E-state index is 0.0793. The highest BCUT2D eigenvalue weighted by molar-refractivity contribution is 5.98. The molecule has 0 spiro atoms. The number of aromatic nitrogens is 1. The number of carbonyl (C=O) groups is 1. The molecule has 0 saturated carbocycles. The molecule has 0 fully saturated rings. The zero-order valence-electron chi connectivity index (χ0n) is 7.72. The SMILES string of the molecule is CC(=O)c1cc2cccc(C)c2[nH]1. The van der Waals surface area contributed by atoms with Crippen molar-refractivity contribution in [2.75, 3.05) is 0 Å². The number of para-hydroxylation sites is 1. The van der Waals surface area contributed by atoms with Crippen LogP contribution in [0.5, 0.6) is 0 Å². The van der Waals surface area contributed by atoms with Gasteiger partial charge in [0.25, 0.3) is 0 Å². The Bertz CT molecular complexity index is 468. The third kappa shape index (κ3) is 1.24. The van der Waals surface area contributed by atoms with E-state index in [0.717, 1.165) is 10.9 Å². The topological polar surface area (TPSA) is 32.9 Å². The van der Waals surface area contributed by atoms with Gasteiger partial charge < -0.3 is 4.98 Å². The second-order valence-electron chi connectivity index (χ2n) is 3.28. The molecule has 1 aromatic heterocycles. The molecule has 0 amide bonds. The molecule has 2 nitrogen and oxygen atoms in total. The lowest BCUT2D eigenvalue weighted by Gasteiger charge is -1.93. The van der Waals surface area contributed by atoms with Gasteiger partial charge in [0, 0.05) is 17.8 Å². The molecule has 1 heterocycles. The van der Waals surface area contributed by atoms with Gasteiger partial charge in [0.2, 0.25) is 0 Å². The Kier molecular flexibility index (Phi) is 1.69. The lowest BCUT2D eigenvalue weighted by molar-refractivity contribution is 0.101. The van der Waals surface area contributed by atoms with Crippen LogP contribution in [0.25, 0.3) is 10.9 Å². The van der Waals surface area contributed by atoms with E-state index < -0.39 is 0 Å². The second kappa shape index (κ2) is 2.73. The predicted molar refractivity (Wildman–Crippen MR) is 53.0 cm³/mol. The van der Waals surface area contributed by atoms with Gasteiger partial charge in [-0.3, -0.25) is 4.79 Å². The summed E-state index contributed by atoms with van der Waals surface area (Å²) in [6.07, 6.45) is 0. The van der Waals surface area contributed by atoms with Gasteiger partial charge in [0.15, 0.2) is 5.78 Å². The van der Waals surface area contributed by atoms with Gasteiger partial charge in [-0.25, -0.2) is 0 Å². The first kappa shape index (κ1) is 8.05. The van der Waals surface area contributed by atoms with Crippen molar-refractivity contribution in [2.45, 2.75) is 13.8 Å². The summed E-state index contributed by atoms with van der Waals surface area (Å²) in [6.45, 7) is 3.60. The van der Waals surface area contributed by atoms with E-state index in [1.54, 1.807) is 6.92 Å². The van der Waals surface area contributed by atoms with Crippen molar-refractivity contribution in [3.8, 4) is 0 Å². The van der Waals surface area contributed by atoms with Crippen molar-refractivity contribution in [1.29, 1.82) is 0 Å². The van der Waals surface area contributed by atoms with Crippen molar-refractivity contribution >= 4 is 16.7 Å². The lowest BCUT2D eigenvalue weighted by Crippen LogP contribution is -1.90. The molecule has 0 aliphatic rings. The fraction of sp³-hybridized carbons (Fsp3) is 0.182. The number of aromatic amines is 1. The Balaban J connectivity index is 2.75. The maximum absolute atomic E-state index is 11.1. The van der Waals surface area contributed by atoms with Gasteiger partial charge in [0.05, 0.1) is 5.69 Å². The summed E-state index contributed by atoms with van der Waals surface area (Å²) in [7, 11) is 0. The normalized spacial score (nSPS) is 10.6. The summed E-state index contributed by atoms with van der Waals surface area (Å²) in [5.41, 5.74) is 2.92. The molecule has 0 bridgehead atoms. The molecule has 2 heteroatoms. The Morgan fingerprint density at radius 2 is 2.15 bits per heavy atom. The summed E-state index contributed by atoms with van der Waals surface area (Å²) >= 11 is 0. The highest BCUT2D eigenvalue weighted by Crippen LogP contribution is 2.18. The predicted octanol–water partition coefficient (Wildman–Crippen LogP) is 2.68. The van der Waals surface area contributed by atoms with Crippen LogP contribution in [-0.2, 0) is 0 Å².